The number of amides is 1. The number of carboxylic acids is 1. The number of carbonyl (C=O) groups is 2. The summed E-state index contributed by atoms with van der Waals surface area (Å²) in [6, 6.07) is 16.2. The number of hydrogen-bond donors (Lipinski definition) is 1. The number of benzene rings is 3. The van der Waals surface area contributed by atoms with Crippen LogP contribution in [0, 0.1) is 0 Å². The van der Waals surface area contributed by atoms with Crippen molar-refractivity contribution in [3.8, 4) is 34.1 Å². The molecule has 0 atom stereocenters. The van der Waals surface area contributed by atoms with Gasteiger partial charge >= 0.3 is 5.97 Å². The van der Waals surface area contributed by atoms with Crippen LogP contribution in [0.2, 0.25) is 0 Å². The SMILES string of the molecule is COc1cc(-c2cc(C=C3SC(=S)N(CCc4ccc(C(=O)O)cc4)C3=O)ccc2OCCN2CCOCC2)cc(OC)c1OC. The van der Waals surface area contributed by atoms with Gasteiger partial charge in [0.1, 0.15) is 16.7 Å². The minimum Gasteiger partial charge on any atom is -0.493 e. The van der Waals surface area contributed by atoms with Crippen LogP contribution in [0.15, 0.2) is 59.5 Å². The molecular formula is C34H36N2O8S2. The highest BCUT2D eigenvalue weighted by Crippen LogP contribution is 2.44. The summed E-state index contributed by atoms with van der Waals surface area (Å²) in [4.78, 5) is 29.0. The maximum Gasteiger partial charge on any atom is 0.335 e. The average Bonchev–Trinajstić information content (AvgIpc) is 3.34. The van der Waals surface area contributed by atoms with Gasteiger partial charge in [-0.1, -0.05) is 42.2 Å². The molecule has 2 saturated heterocycles. The van der Waals surface area contributed by atoms with Gasteiger partial charge in [0.2, 0.25) is 5.75 Å². The summed E-state index contributed by atoms with van der Waals surface area (Å²) < 4.78 is 29.0. The van der Waals surface area contributed by atoms with Gasteiger partial charge in [-0.3, -0.25) is 14.6 Å². The summed E-state index contributed by atoms with van der Waals surface area (Å²) in [5, 5.41) is 9.14. The fourth-order valence-electron chi connectivity index (χ4n) is 5.23. The van der Waals surface area contributed by atoms with Crippen molar-refractivity contribution in [2.24, 2.45) is 0 Å². The highest BCUT2D eigenvalue weighted by molar-refractivity contribution is 8.26. The first-order valence-electron chi connectivity index (χ1n) is 14.8. The van der Waals surface area contributed by atoms with Crippen molar-refractivity contribution in [1.29, 1.82) is 0 Å². The molecule has 2 heterocycles. The van der Waals surface area contributed by atoms with Crippen molar-refractivity contribution in [1.82, 2.24) is 9.80 Å². The molecule has 0 aliphatic carbocycles. The van der Waals surface area contributed by atoms with E-state index in [1.807, 2.05) is 36.4 Å². The minimum absolute atomic E-state index is 0.169. The number of morpholine rings is 1. The van der Waals surface area contributed by atoms with E-state index in [0.29, 0.717) is 51.8 Å². The topological polar surface area (TPSA) is 107 Å². The van der Waals surface area contributed by atoms with Crippen molar-refractivity contribution in [3.63, 3.8) is 0 Å². The standard InChI is InChI=1S/C34H36N2O8S2/c1-40-28-20-25(21-29(41-2)31(28)42-3)26-18-23(6-9-27(26)44-17-14-35-12-15-43-16-13-35)19-30-32(37)36(34(45)46-30)11-10-22-4-7-24(8-5-22)33(38)39/h4-9,18-21H,10-17H2,1-3H3,(H,38,39). The third-order valence-corrected chi connectivity index (χ3v) is 9.12. The molecule has 242 valence electrons. The minimum atomic E-state index is -0.977. The average molecular weight is 665 g/mol. The number of rotatable bonds is 13. The lowest BCUT2D eigenvalue weighted by molar-refractivity contribution is -0.122. The maximum absolute atomic E-state index is 13.4. The van der Waals surface area contributed by atoms with Gasteiger partial charge in [-0.05, 0) is 65.6 Å². The number of carbonyl (C=O) groups excluding carboxylic acids is 1. The molecule has 2 fully saturated rings. The normalized spacial score (nSPS) is 16.2. The maximum atomic E-state index is 13.4. The van der Waals surface area contributed by atoms with E-state index < -0.39 is 5.97 Å². The molecule has 3 aromatic rings. The van der Waals surface area contributed by atoms with Gasteiger partial charge in [-0.2, -0.15) is 0 Å². The van der Waals surface area contributed by atoms with E-state index in [4.69, 9.17) is 41.0 Å². The van der Waals surface area contributed by atoms with E-state index in [1.54, 1.807) is 50.5 Å². The predicted octanol–water partition coefficient (Wildman–Crippen LogP) is 5.23. The zero-order chi connectivity index (χ0) is 32.6. The van der Waals surface area contributed by atoms with Gasteiger partial charge in [0, 0.05) is 31.7 Å². The van der Waals surface area contributed by atoms with Crippen LogP contribution in [-0.2, 0) is 16.0 Å². The monoisotopic (exact) mass is 664 g/mol. The fourth-order valence-corrected chi connectivity index (χ4v) is 6.54. The van der Waals surface area contributed by atoms with Crippen LogP contribution in [0.1, 0.15) is 21.5 Å². The van der Waals surface area contributed by atoms with Gasteiger partial charge in [0.25, 0.3) is 5.91 Å². The molecular weight excluding hydrogens is 629 g/mol. The Kier molecular flexibility index (Phi) is 11.2. The lowest BCUT2D eigenvalue weighted by atomic mass is 10.0. The second-order valence-corrected chi connectivity index (χ2v) is 12.2. The zero-order valence-electron chi connectivity index (χ0n) is 25.9. The van der Waals surface area contributed by atoms with E-state index in [9.17, 15) is 9.59 Å². The molecule has 2 aliphatic rings. The van der Waals surface area contributed by atoms with Gasteiger partial charge in [-0.25, -0.2) is 4.79 Å². The highest BCUT2D eigenvalue weighted by atomic mass is 32.2. The molecule has 10 nitrogen and oxygen atoms in total. The number of thiocarbonyl (C=S) groups is 1. The Morgan fingerprint density at radius 2 is 1.65 bits per heavy atom. The van der Waals surface area contributed by atoms with Gasteiger partial charge in [0.15, 0.2) is 11.5 Å². The lowest BCUT2D eigenvalue weighted by Crippen LogP contribution is -2.38. The number of nitrogens with zero attached hydrogens (tertiary/aromatic N) is 2. The zero-order valence-corrected chi connectivity index (χ0v) is 27.6. The molecule has 46 heavy (non-hydrogen) atoms. The third-order valence-electron chi connectivity index (χ3n) is 7.74. The molecule has 0 bridgehead atoms. The Bertz CT molecular complexity index is 1590. The molecule has 12 heteroatoms. The molecule has 0 aromatic heterocycles. The Morgan fingerprint density at radius 3 is 2.28 bits per heavy atom. The van der Waals surface area contributed by atoms with Crippen LogP contribution in [0.25, 0.3) is 17.2 Å². The van der Waals surface area contributed by atoms with Crippen molar-refractivity contribution >= 4 is 46.3 Å². The fraction of sp³-hybridized carbons (Fsp3) is 0.324. The molecule has 3 aromatic carbocycles. The first-order chi connectivity index (χ1) is 22.3. The van der Waals surface area contributed by atoms with Gasteiger partial charge in [-0.15, -0.1) is 0 Å². The van der Waals surface area contributed by atoms with E-state index >= 15 is 0 Å². The van der Waals surface area contributed by atoms with E-state index in [-0.39, 0.29) is 11.5 Å². The predicted molar refractivity (Wildman–Crippen MR) is 181 cm³/mol. The van der Waals surface area contributed by atoms with E-state index in [1.165, 1.54) is 11.8 Å². The van der Waals surface area contributed by atoms with E-state index in [2.05, 4.69) is 4.90 Å². The van der Waals surface area contributed by atoms with Crippen LogP contribution in [-0.4, -0.2) is 98.4 Å². The molecule has 0 radical (unpaired) electrons. The van der Waals surface area contributed by atoms with Crippen LogP contribution in [0.5, 0.6) is 23.0 Å². The third kappa shape index (κ3) is 7.81. The summed E-state index contributed by atoms with van der Waals surface area (Å²) >= 11 is 6.82. The number of methoxy groups -OCH3 is 3. The van der Waals surface area contributed by atoms with Crippen molar-refractivity contribution in [3.05, 3.63) is 76.2 Å². The van der Waals surface area contributed by atoms with Gasteiger partial charge in [0.05, 0.1) is 45.0 Å². The van der Waals surface area contributed by atoms with Crippen LogP contribution < -0.4 is 18.9 Å². The second-order valence-electron chi connectivity index (χ2n) is 10.6. The molecule has 0 saturated carbocycles. The first-order valence-corrected chi connectivity index (χ1v) is 16.0. The summed E-state index contributed by atoms with van der Waals surface area (Å²) in [5.41, 5.74) is 3.54. The second kappa shape index (κ2) is 15.5. The molecule has 1 N–H and O–H groups in total. The smallest absolute Gasteiger partial charge is 0.335 e. The largest absolute Gasteiger partial charge is 0.493 e. The summed E-state index contributed by atoms with van der Waals surface area (Å²) in [5.74, 6) is 1.05. The number of thioether (sulfide) groups is 1. The Morgan fingerprint density at radius 1 is 0.957 bits per heavy atom. The molecule has 1 amide bonds. The van der Waals surface area contributed by atoms with Crippen molar-refractivity contribution in [2.45, 2.75) is 6.42 Å². The summed E-state index contributed by atoms with van der Waals surface area (Å²) in [6.45, 7) is 4.84. The number of aromatic carboxylic acids is 1. The van der Waals surface area contributed by atoms with Crippen LogP contribution >= 0.6 is 24.0 Å². The number of hydrogen-bond acceptors (Lipinski definition) is 10. The molecule has 5 rings (SSSR count). The quantitative estimate of drug-likeness (QED) is 0.192. The number of carboxylic acid groups (broad SMARTS) is 1. The van der Waals surface area contributed by atoms with Gasteiger partial charge < -0.3 is 28.8 Å². The Hall–Kier alpha value is -4.10. The highest BCUT2D eigenvalue weighted by Gasteiger charge is 2.31. The molecule has 2 aliphatic heterocycles. The van der Waals surface area contributed by atoms with Crippen molar-refractivity contribution < 1.29 is 38.4 Å². The summed E-state index contributed by atoms with van der Waals surface area (Å²) in [7, 11) is 4.71. The Balaban J connectivity index is 1.39. The molecule has 0 spiro atoms. The van der Waals surface area contributed by atoms with Crippen molar-refractivity contribution in [2.75, 3.05) is 67.3 Å². The first kappa shape index (κ1) is 33.3. The molecule has 0 unspecified atom stereocenters. The Labute approximate surface area is 277 Å². The van der Waals surface area contributed by atoms with Crippen LogP contribution in [0.3, 0.4) is 0 Å². The summed E-state index contributed by atoms with van der Waals surface area (Å²) in [6.07, 6.45) is 2.38. The lowest BCUT2D eigenvalue weighted by Gasteiger charge is -2.26. The number of ether oxygens (including phenoxy) is 5. The van der Waals surface area contributed by atoms with Crippen LogP contribution in [0.4, 0.5) is 0 Å². The van der Waals surface area contributed by atoms with E-state index in [0.717, 1.165) is 55.1 Å².